The molecular formula is C23H28O5. The van der Waals surface area contributed by atoms with Gasteiger partial charge in [0.2, 0.25) is 0 Å². The van der Waals surface area contributed by atoms with E-state index in [0.29, 0.717) is 19.6 Å². The Balaban J connectivity index is 1.92. The third kappa shape index (κ3) is 7.71. The van der Waals surface area contributed by atoms with Gasteiger partial charge in [-0.15, -0.1) is 6.42 Å². The fourth-order valence-corrected chi connectivity index (χ4v) is 2.74. The van der Waals surface area contributed by atoms with E-state index in [4.69, 9.17) is 20.6 Å². The number of aliphatic hydroxyl groups is 2. The van der Waals surface area contributed by atoms with Gasteiger partial charge in [-0.25, -0.2) is 0 Å². The van der Waals surface area contributed by atoms with E-state index in [1.165, 1.54) is 0 Å². The van der Waals surface area contributed by atoms with Crippen molar-refractivity contribution in [1.29, 1.82) is 0 Å². The summed E-state index contributed by atoms with van der Waals surface area (Å²) in [6.07, 6.45) is 4.67. The van der Waals surface area contributed by atoms with Crippen LogP contribution in [0.3, 0.4) is 0 Å². The largest absolute Gasteiger partial charge is 0.497 e. The normalized spacial score (nSPS) is 14.1. The van der Waals surface area contributed by atoms with Crippen molar-refractivity contribution in [2.75, 3.05) is 13.7 Å². The summed E-state index contributed by atoms with van der Waals surface area (Å²) in [6.45, 7) is 0.445. The molecule has 5 nitrogen and oxygen atoms in total. The van der Waals surface area contributed by atoms with Crippen LogP contribution in [0.25, 0.3) is 0 Å². The standard InChI is InChI=1S/C23H28O5/c1-3-21(27-16-18-7-5-4-6-8-18)14-23(13-20(25)15-24)28-17-19-9-11-22(26-2)12-10-19/h1,4-12,20-21,23-25H,13-17H2,2H3/t20-,21-,23+/m0/s1. The molecule has 0 aliphatic heterocycles. The van der Waals surface area contributed by atoms with Crippen molar-refractivity contribution < 1.29 is 24.4 Å². The summed E-state index contributed by atoms with van der Waals surface area (Å²) < 4.78 is 17.0. The van der Waals surface area contributed by atoms with Gasteiger partial charge in [0.25, 0.3) is 0 Å². The first kappa shape index (κ1) is 21.9. The Labute approximate surface area is 166 Å². The van der Waals surface area contributed by atoms with Gasteiger partial charge in [0.1, 0.15) is 11.9 Å². The summed E-state index contributed by atoms with van der Waals surface area (Å²) in [5.41, 5.74) is 2.01. The van der Waals surface area contributed by atoms with Crippen LogP contribution in [0.15, 0.2) is 54.6 Å². The zero-order valence-electron chi connectivity index (χ0n) is 16.2. The van der Waals surface area contributed by atoms with Crippen LogP contribution in [0.1, 0.15) is 24.0 Å². The van der Waals surface area contributed by atoms with Gasteiger partial charge >= 0.3 is 0 Å². The van der Waals surface area contributed by atoms with Crippen molar-refractivity contribution in [3.63, 3.8) is 0 Å². The topological polar surface area (TPSA) is 68.2 Å². The summed E-state index contributed by atoms with van der Waals surface area (Å²) in [4.78, 5) is 0. The summed E-state index contributed by atoms with van der Waals surface area (Å²) in [7, 11) is 1.62. The number of methoxy groups -OCH3 is 1. The van der Waals surface area contributed by atoms with Crippen LogP contribution in [0.5, 0.6) is 5.75 Å². The van der Waals surface area contributed by atoms with Gasteiger partial charge < -0.3 is 24.4 Å². The van der Waals surface area contributed by atoms with E-state index in [1.807, 2.05) is 54.6 Å². The second-order valence-electron chi connectivity index (χ2n) is 6.54. The van der Waals surface area contributed by atoms with Crippen LogP contribution in [0, 0.1) is 12.3 Å². The molecule has 0 saturated heterocycles. The number of ether oxygens (including phenoxy) is 3. The molecule has 28 heavy (non-hydrogen) atoms. The van der Waals surface area contributed by atoms with Gasteiger partial charge in [0.15, 0.2) is 0 Å². The zero-order chi connectivity index (χ0) is 20.2. The monoisotopic (exact) mass is 384 g/mol. The maximum absolute atomic E-state index is 9.85. The molecule has 0 saturated carbocycles. The third-order valence-corrected chi connectivity index (χ3v) is 4.35. The molecule has 0 radical (unpaired) electrons. The van der Waals surface area contributed by atoms with E-state index in [-0.39, 0.29) is 19.1 Å². The molecule has 5 heteroatoms. The van der Waals surface area contributed by atoms with Gasteiger partial charge in [-0.2, -0.15) is 0 Å². The van der Waals surface area contributed by atoms with Crippen LogP contribution in [-0.2, 0) is 22.7 Å². The average molecular weight is 384 g/mol. The van der Waals surface area contributed by atoms with E-state index in [9.17, 15) is 10.2 Å². The average Bonchev–Trinajstić information content (AvgIpc) is 2.75. The Morgan fingerprint density at radius 2 is 1.57 bits per heavy atom. The van der Waals surface area contributed by atoms with Crippen LogP contribution in [0.4, 0.5) is 0 Å². The molecule has 0 spiro atoms. The maximum atomic E-state index is 9.85. The Morgan fingerprint density at radius 1 is 0.929 bits per heavy atom. The molecule has 2 rings (SSSR count). The second kappa shape index (κ2) is 12.2. The highest BCUT2D eigenvalue weighted by molar-refractivity contribution is 5.26. The van der Waals surface area contributed by atoms with Crippen molar-refractivity contribution >= 4 is 0 Å². The number of hydrogen-bond acceptors (Lipinski definition) is 5. The van der Waals surface area contributed by atoms with E-state index in [2.05, 4.69) is 5.92 Å². The van der Waals surface area contributed by atoms with Crippen molar-refractivity contribution in [2.24, 2.45) is 0 Å². The lowest BCUT2D eigenvalue weighted by Gasteiger charge is -2.23. The van der Waals surface area contributed by atoms with Gasteiger partial charge in [-0.05, 0) is 23.3 Å². The molecule has 0 unspecified atom stereocenters. The molecule has 0 heterocycles. The van der Waals surface area contributed by atoms with Crippen molar-refractivity contribution in [2.45, 2.75) is 44.4 Å². The van der Waals surface area contributed by atoms with Crippen molar-refractivity contribution in [1.82, 2.24) is 0 Å². The second-order valence-corrected chi connectivity index (χ2v) is 6.54. The minimum Gasteiger partial charge on any atom is -0.497 e. The third-order valence-electron chi connectivity index (χ3n) is 4.35. The van der Waals surface area contributed by atoms with E-state index >= 15 is 0 Å². The van der Waals surface area contributed by atoms with Gasteiger partial charge in [0.05, 0.1) is 39.1 Å². The molecule has 3 atom stereocenters. The first-order valence-electron chi connectivity index (χ1n) is 9.29. The fraction of sp³-hybridized carbons (Fsp3) is 0.391. The van der Waals surface area contributed by atoms with Crippen LogP contribution in [0.2, 0.25) is 0 Å². The lowest BCUT2D eigenvalue weighted by Crippen LogP contribution is -2.28. The molecule has 0 amide bonds. The van der Waals surface area contributed by atoms with E-state index in [1.54, 1.807) is 7.11 Å². The highest BCUT2D eigenvalue weighted by Gasteiger charge is 2.20. The first-order chi connectivity index (χ1) is 13.6. The van der Waals surface area contributed by atoms with E-state index in [0.717, 1.165) is 16.9 Å². The summed E-state index contributed by atoms with van der Waals surface area (Å²) >= 11 is 0. The number of terminal acetylenes is 1. The van der Waals surface area contributed by atoms with Crippen LogP contribution < -0.4 is 4.74 Å². The lowest BCUT2D eigenvalue weighted by molar-refractivity contribution is -0.0393. The fourth-order valence-electron chi connectivity index (χ4n) is 2.74. The number of aliphatic hydroxyl groups excluding tert-OH is 2. The Kier molecular flexibility index (Phi) is 9.53. The molecule has 2 aromatic rings. The van der Waals surface area contributed by atoms with Crippen LogP contribution >= 0.6 is 0 Å². The van der Waals surface area contributed by atoms with E-state index < -0.39 is 12.2 Å². The predicted molar refractivity (Wildman–Crippen MR) is 108 cm³/mol. The number of rotatable bonds is 12. The SMILES string of the molecule is C#C[C@@H](C[C@@H](C[C@H](O)CO)OCc1ccc(OC)cc1)OCc1ccccc1. The minimum atomic E-state index is -0.867. The summed E-state index contributed by atoms with van der Waals surface area (Å²) in [5, 5.41) is 19.0. The Morgan fingerprint density at radius 3 is 2.18 bits per heavy atom. The minimum absolute atomic E-state index is 0.277. The van der Waals surface area contributed by atoms with Crippen molar-refractivity contribution in [3.05, 3.63) is 65.7 Å². The first-order valence-corrected chi connectivity index (χ1v) is 9.29. The van der Waals surface area contributed by atoms with Crippen LogP contribution in [-0.4, -0.2) is 42.2 Å². The zero-order valence-corrected chi connectivity index (χ0v) is 16.2. The predicted octanol–water partition coefficient (Wildman–Crippen LogP) is 2.93. The summed E-state index contributed by atoms with van der Waals surface area (Å²) in [5.74, 6) is 3.42. The highest BCUT2D eigenvalue weighted by atomic mass is 16.5. The highest BCUT2D eigenvalue weighted by Crippen LogP contribution is 2.18. The van der Waals surface area contributed by atoms with Gasteiger partial charge in [-0.1, -0.05) is 48.4 Å². The Hall–Kier alpha value is -2.36. The quantitative estimate of drug-likeness (QED) is 0.551. The molecule has 0 bridgehead atoms. The number of hydrogen-bond donors (Lipinski definition) is 2. The van der Waals surface area contributed by atoms with Gasteiger partial charge in [0, 0.05) is 12.8 Å². The smallest absolute Gasteiger partial charge is 0.120 e. The Bertz CT molecular complexity index is 708. The van der Waals surface area contributed by atoms with Gasteiger partial charge in [-0.3, -0.25) is 0 Å². The molecule has 150 valence electrons. The number of benzene rings is 2. The van der Waals surface area contributed by atoms with Crippen molar-refractivity contribution in [3.8, 4) is 18.1 Å². The lowest BCUT2D eigenvalue weighted by atomic mass is 10.1. The molecule has 0 aliphatic carbocycles. The maximum Gasteiger partial charge on any atom is 0.120 e. The summed E-state index contributed by atoms with van der Waals surface area (Å²) in [6, 6.07) is 17.4. The molecule has 0 aromatic heterocycles. The molecular weight excluding hydrogens is 356 g/mol. The molecule has 2 N–H and O–H groups in total. The molecule has 0 aliphatic rings. The molecule has 2 aromatic carbocycles. The molecule has 0 fully saturated rings.